The summed E-state index contributed by atoms with van der Waals surface area (Å²) < 4.78 is 41.1. The first kappa shape index (κ1) is 12.9. The maximum Gasteiger partial charge on any atom is 0.387 e. The second kappa shape index (κ2) is 5.38. The summed E-state index contributed by atoms with van der Waals surface area (Å²) in [6.07, 6.45) is 1.18. The number of anilines is 1. The van der Waals surface area contributed by atoms with Crippen molar-refractivity contribution < 1.29 is 22.7 Å². The Balaban J connectivity index is 2.10. The maximum atomic E-state index is 13.4. The molecule has 0 atom stereocenters. The Kier molecular flexibility index (Phi) is 3.64. The summed E-state index contributed by atoms with van der Waals surface area (Å²) >= 11 is 0. The van der Waals surface area contributed by atoms with Gasteiger partial charge in [0.15, 0.2) is 17.3 Å². The zero-order chi connectivity index (χ0) is 13.8. The Labute approximate surface area is 104 Å². The highest BCUT2D eigenvalue weighted by Crippen LogP contribution is 2.22. The van der Waals surface area contributed by atoms with E-state index in [-0.39, 0.29) is 11.4 Å². The van der Waals surface area contributed by atoms with Crippen LogP contribution in [-0.4, -0.2) is 27.9 Å². The Bertz CT molecular complexity index is 574. The molecule has 19 heavy (non-hydrogen) atoms. The summed E-state index contributed by atoms with van der Waals surface area (Å²) in [6.45, 7) is -3.12. The van der Waals surface area contributed by atoms with Crippen LogP contribution in [0.15, 0.2) is 24.4 Å². The fraction of sp³-hybridized carbons (Fsp3) is 0.100. The quantitative estimate of drug-likeness (QED) is 0.889. The van der Waals surface area contributed by atoms with Crippen LogP contribution in [-0.2, 0) is 0 Å². The van der Waals surface area contributed by atoms with Crippen molar-refractivity contribution in [2.24, 2.45) is 0 Å². The molecule has 0 saturated carbocycles. The Morgan fingerprint density at radius 1 is 1.42 bits per heavy atom. The van der Waals surface area contributed by atoms with E-state index in [0.717, 1.165) is 12.1 Å². The molecule has 0 aliphatic carbocycles. The van der Waals surface area contributed by atoms with Gasteiger partial charge in [-0.15, -0.1) is 0 Å². The molecule has 1 aromatic heterocycles. The van der Waals surface area contributed by atoms with Crippen LogP contribution in [0.1, 0.15) is 10.5 Å². The highest BCUT2D eigenvalue weighted by atomic mass is 19.3. The lowest BCUT2D eigenvalue weighted by atomic mass is 10.3. The third-order valence-electron chi connectivity index (χ3n) is 2.05. The number of rotatable bonds is 4. The number of amides is 1. The molecule has 0 bridgehead atoms. The average Bonchev–Trinajstić information content (AvgIpc) is 2.86. The van der Waals surface area contributed by atoms with Gasteiger partial charge in [-0.05, 0) is 12.1 Å². The normalized spacial score (nSPS) is 10.5. The lowest BCUT2D eigenvalue weighted by molar-refractivity contribution is -0.0521. The van der Waals surface area contributed by atoms with Gasteiger partial charge in [0.2, 0.25) is 0 Å². The lowest BCUT2D eigenvalue weighted by Crippen LogP contribution is -2.12. The van der Waals surface area contributed by atoms with Gasteiger partial charge in [0.25, 0.3) is 5.91 Å². The van der Waals surface area contributed by atoms with Crippen molar-refractivity contribution in [3.63, 3.8) is 0 Å². The molecule has 0 fully saturated rings. The van der Waals surface area contributed by atoms with E-state index in [2.05, 4.69) is 25.5 Å². The minimum atomic E-state index is -3.12. The molecule has 1 aromatic carbocycles. The minimum Gasteiger partial charge on any atom is -0.432 e. The fourth-order valence-corrected chi connectivity index (χ4v) is 1.28. The van der Waals surface area contributed by atoms with Gasteiger partial charge in [-0.25, -0.2) is 4.39 Å². The molecular weight excluding hydrogens is 265 g/mol. The SMILES string of the molecule is O=C(Nc1ccc(OC(F)F)c(F)c1)c1cn[nH]n1. The third-order valence-corrected chi connectivity index (χ3v) is 2.05. The largest absolute Gasteiger partial charge is 0.432 e. The molecule has 0 aliphatic rings. The van der Waals surface area contributed by atoms with E-state index < -0.39 is 24.1 Å². The number of ether oxygens (including phenoxy) is 1. The van der Waals surface area contributed by atoms with E-state index in [4.69, 9.17) is 0 Å². The van der Waals surface area contributed by atoms with Crippen LogP contribution in [0.3, 0.4) is 0 Å². The van der Waals surface area contributed by atoms with Crippen LogP contribution in [0.5, 0.6) is 5.75 Å². The van der Waals surface area contributed by atoms with Gasteiger partial charge in [0.1, 0.15) is 0 Å². The number of aromatic nitrogens is 3. The number of nitrogens with one attached hydrogen (secondary N) is 2. The van der Waals surface area contributed by atoms with Crippen molar-refractivity contribution in [2.45, 2.75) is 6.61 Å². The molecule has 6 nitrogen and oxygen atoms in total. The Morgan fingerprint density at radius 2 is 2.21 bits per heavy atom. The van der Waals surface area contributed by atoms with Gasteiger partial charge in [0.05, 0.1) is 6.20 Å². The lowest BCUT2D eigenvalue weighted by Gasteiger charge is -2.07. The second-order valence-electron chi connectivity index (χ2n) is 3.33. The fourth-order valence-electron chi connectivity index (χ4n) is 1.28. The van der Waals surface area contributed by atoms with E-state index >= 15 is 0 Å². The summed E-state index contributed by atoms with van der Waals surface area (Å²) in [5.41, 5.74) is 0.0837. The highest BCUT2D eigenvalue weighted by Gasteiger charge is 2.13. The number of halogens is 3. The van der Waals surface area contributed by atoms with Gasteiger partial charge in [-0.3, -0.25) is 4.79 Å². The average molecular weight is 272 g/mol. The van der Waals surface area contributed by atoms with Crippen LogP contribution in [0.25, 0.3) is 0 Å². The second-order valence-corrected chi connectivity index (χ2v) is 3.33. The van der Waals surface area contributed by atoms with Gasteiger partial charge >= 0.3 is 6.61 Å². The van der Waals surface area contributed by atoms with Gasteiger partial charge in [0, 0.05) is 11.8 Å². The smallest absolute Gasteiger partial charge is 0.387 e. The number of hydrogen-bond donors (Lipinski definition) is 2. The number of carbonyl (C=O) groups is 1. The molecule has 100 valence electrons. The first-order valence-electron chi connectivity index (χ1n) is 4.98. The van der Waals surface area contributed by atoms with Gasteiger partial charge < -0.3 is 10.1 Å². The number of H-pyrrole nitrogens is 1. The topological polar surface area (TPSA) is 79.9 Å². The van der Waals surface area contributed by atoms with Crippen LogP contribution in [0.2, 0.25) is 0 Å². The predicted molar refractivity (Wildman–Crippen MR) is 57.4 cm³/mol. The molecule has 2 rings (SSSR count). The number of nitrogens with zero attached hydrogens (tertiary/aromatic N) is 2. The molecule has 0 spiro atoms. The Morgan fingerprint density at radius 3 is 2.79 bits per heavy atom. The third kappa shape index (κ3) is 3.21. The summed E-state index contributed by atoms with van der Waals surface area (Å²) in [6, 6.07) is 3.06. The molecular formula is C10H7F3N4O2. The number of hydrogen-bond acceptors (Lipinski definition) is 4. The van der Waals surface area contributed by atoms with Gasteiger partial charge in [-0.2, -0.15) is 24.2 Å². The summed E-state index contributed by atoms with van der Waals surface area (Å²) in [4.78, 5) is 11.5. The summed E-state index contributed by atoms with van der Waals surface area (Å²) in [5.74, 6) is -2.23. The number of carbonyl (C=O) groups excluding carboxylic acids is 1. The molecule has 0 radical (unpaired) electrons. The zero-order valence-corrected chi connectivity index (χ0v) is 9.23. The standard InChI is InChI=1S/C10H7F3N4O2/c11-6-3-5(1-2-8(6)19-10(12)13)15-9(18)7-4-14-17-16-7/h1-4,10H,(H,15,18)(H,14,16,17). The number of alkyl halides is 2. The van der Waals surface area contributed by atoms with Crippen LogP contribution >= 0.6 is 0 Å². The first-order valence-corrected chi connectivity index (χ1v) is 4.98. The van der Waals surface area contributed by atoms with E-state index in [0.29, 0.717) is 0 Å². The van der Waals surface area contributed by atoms with E-state index in [1.54, 1.807) is 0 Å². The molecule has 1 heterocycles. The monoisotopic (exact) mass is 272 g/mol. The van der Waals surface area contributed by atoms with Crippen molar-refractivity contribution >= 4 is 11.6 Å². The van der Waals surface area contributed by atoms with E-state index in [1.165, 1.54) is 12.3 Å². The van der Waals surface area contributed by atoms with Crippen molar-refractivity contribution in [1.29, 1.82) is 0 Å². The number of aromatic amines is 1. The summed E-state index contributed by atoms with van der Waals surface area (Å²) in [7, 11) is 0. The van der Waals surface area contributed by atoms with E-state index in [1.807, 2.05) is 0 Å². The molecule has 1 amide bonds. The first-order chi connectivity index (χ1) is 9.06. The minimum absolute atomic E-state index is 0.00770. The van der Waals surface area contributed by atoms with E-state index in [9.17, 15) is 18.0 Å². The molecule has 0 unspecified atom stereocenters. The summed E-state index contributed by atoms with van der Waals surface area (Å²) in [5, 5.41) is 11.5. The van der Waals surface area contributed by atoms with Crippen LogP contribution in [0.4, 0.5) is 18.9 Å². The number of benzene rings is 1. The molecule has 2 aromatic rings. The molecule has 0 saturated heterocycles. The molecule has 2 N–H and O–H groups in total. The van der Waals surface area contributed by atoms with Crippen molar-refractivity contribution in [2.75, 3.05) is 5.32 Å². The van der Waals surface area contributed by atoms with Gasteiger partial charge in [-0.1, -0.05) is 0 Å². The Hall–Kier alpha value is -2.58. The highest BCUT2D eigenvalue weighted by molar-refractivity contribution is 6.02. The zero-order valence-electron chi connectivity index (χ0n) is 9.23. The van der Waals surface area contributed by atoms with Crippen LogP contribution < -0.4 is 10.1 Å². The van der Waals surface area contributed by atoms with Crippen molar-refractivity contribution in [3.05, 3.63) is 35.9 Å². The van der Waals surface area contributed by atoms with Crippen molar-refractivity contribution in [1.82, 2.24) is 15.4 Å². The molecule has 0 aliphatic heterocycles. The van der Waals surface area contributed by atoms with Crippen LogP contribution in [0, 0.1) is 5.82 Å². The predicted octanol–water partition coefficient (Wildman–Crippen LogP) is 1.80. The maximum absolute atomic E-state index is 13.4. The van der Waals surface area contributed by atoms with Crippen molar-refractivity contribution in [3.8, 4) is 5.75 Å². The molecule has 9 heteroatoms.